The Kier molecular flexibility index (Phi) is 9.22. The standard InChI is InChI=1S/C51H47N3/c1-3-4-5-6-7-8-29-52-41-23-17-36(18-24-41)14-16-38-20-26-43-40(31-38)22-28-45-47-33-48-46(32-49(47)54-51(43)45)44-27-21-39-30-37(19-25-42(39)50(44)53-48)15-13-35-11-9-34(2)10-12-35/h9-28,30-33,52-54H,3-8,29H2,1-2H3/b15-13+,16-14+. The van der Waals surface area contributed by atoms with Crippen molar-refractivity contribution >= 4 is 95.1 Å². The van der Waals surface area contributed by atoms with Crippen LogP contribution in [0.3, 0.4) is 0 Å². The zero-order valence-corrected chi connectivity index (χ0v) is 31.3. The van der Waals surface area contributed by atoms with Gasteiger partial charge in [0.2, 0.25) is 0 Å². The summed E-state index contributed by atoms with van der Waals surface area (Å²) in [6, 6.07) is 44.7. The first-order valence-electron chi connectivity index (χ1n) is 19.7. The first-order valence-corrected chi connectivity index (χ1v) is 19.7. The van der Waals surface area contributed by atoms with Gasteiger partial charge in [0.05, 0.1) is 11.0 Å². The lowest BCUT2D eigenvalue weighted by molar-refractivity contribution is 0.617. The minimum atomic E-state index is 1.04. The molecule has 9 rings (SSSR count). The molecule has 3 heteroatoms. The molecule has 0 spiro atoms. The average molecular weight is 702 g/mol. The van der Waals surface area contributed by atoms with E-state index in [0.29, 0.717) is 0 Å². The van der Waals surface area contributed by atoms with Crippen LogP contribution in [0.5, 0.6) is 0 Å². The number of unbranched alkanes of at least 4 members (excludes halogenated alkanes) is 5. The van der Waals surface area contributed by atoms with Gasteiger partial charge >= 0.3 is 0 Å². The summed E-state index contributed by atoms with van der Waals surface area (Å²) in [6.45, 7) is 5.44. The normalized spacial score (nSPS) is 12.3. The smallest absolute Gasteiger partial charge is 0.0544 e. The van der Waals surface area contributed by atoms with E-state index in [2.05, 4.69) is 175 Å². The summed E-state index contributed by atoms with van der Waals surface area (Å²) in [5, 5.41) is 13.5. The van der Waals surface area contributed by atoms with Gasteiger partial charge in [0.15, 0.2) is 0 Å². The minimum absolute atomic E-state index is 1.04. The Balaban J connectivity index is 0.943. The maximum atomic E-state index is 3.81. The van der Waals surface area contributed by atoms with Crippen molar-refractivity contribution in [2.24, 2.45) is 0 Å². The van der Waals surface area contributed by atoms with Gasteiger partial charge in [-0.2, -0.15) is 0 Å². The number of hydrogen-bond donors (Lipinski definition) is 3. The summed E-state index contributed by atoms with van der Waals surface area (Å²) in [7, 11) is 0. The predicted octanol–water partition coefficient (Wildman–Crippen LogP) is 14.7. The van der Waals surface area contributed by atoms with E-state index in [4.69, 9.17) is 0 Å². The van der Waals surface area contributed by atoms with E-state index in [1.54, 1.807) is 0 Å². The highest BCUT2D eigenvalue weighted by atomic mass is 14.9. The van der Waals surface area contributed by atoms with Crippen molar-refractivity contribution in [2.45, 2.75) is 52.4 Å². The number of aromatic amines is 2. The van der Waals surface area contributed by atoms with Gasteiger partial charge in [-0.25, -0.2) is 0 Å². The number of H-pyrrole nitrogens is 2. The summed E-state index contributed by atoms with van der Waals surface area (Å²) < 4.78 is 0. The fraction of sp³-hybridized carbons (Fsp3) is 0.176. The molecule has 7 aromatic carbocycles. The van der Waals surface area contributed by atoms with Crippen molar-refractivity contribution in [1.82, 2.24) is 9.97 Å². The average Bonchev–Trinajstić information content (AvgIpc) is 3.76. The van der Waals surface area contributed by atoms with Gasteiger partial charge < -0.3 is 15.3 Å². The lowest BCUT2D eigenvalue weighted by Crippen LogP contribution is -2.01. The second-order valence-electron chi connectivity index (χ2n) is 15.0. The van der Waals surface area contributed by atoms with Crippen LogP contribution < -0.4 is 5.32 Å². The molecule has 2 heterocycles. The van der Waals surface area contributed by atoms with Crippen molar-refractivity contribution < 1.29 is 0 Å². The first kappa shape index (κ1) is 33.8. The molecule has 266 valence electrons. The summed E-state index contributed by atoms with van der Waals surface area (Å²) in [6.07, 6.45) is 16.7. The lowest BCUT2D eigenvalue weighted by atomic mass is 10.0. The lowest BCUT2D eigenvalue weighted by Gasteiger charge is -2.07. The molecule has 0 aliphatic rings. The molecular weight excluding hydrogens is 655 g/mol. The number of benzene rings is 7. The van der Waals surface area contributed by atoms with Gasteiger partial charge in [-0.1, -0.05) is 154 Å². The minimum Gasteiger partial charge on any atom is -0.385 e. The Morgan fingerprint density at radius 1 is 0.444 bits per heavy atom. The van der Waals surface area contributed by atoms with Gasteiger partial charge in [0.25, 0.3) is 0 Å². The van der Waals surface area contributed by atoms with E-state index in [9.17, 15) is 0 Å². The predicted molar refractivity (Wildman–Crippen MR) is 238 cm³/mol. The molecule has 0 unspecified atom stereocenters. The van der Waals surface area contributed by atoms with Crippen molar-refractivity contribution in [2.75, 3.05) is 11.9 Å². The van der Waals surface area contributed by atoms with E-state index in [-0.39, 0.29) is 0 Å². The molecule has 0 aliphatic heterocycles. The van der Waals surface area contributed by atoms with Crippen molar-refractivity contribution in [1.29, 1.82) is 0 Å². The molecule has 54 heavy (non-hydrogen) atoms. The molecule has 3 N–H and O–H groups in total. The Hall–Kier alpha value is -6.06. The summed E-state index contributed by atoms with van der Waals surface area (Å²) in [5.41, 5.74) is 12.0. The molecule has 2 aromatic heterocycles. The molecule has 0 fully saturated rings. The molecule has 0 amide bonds. The first-order chi connectivity index (χ1) is 26.6. The second-order valence-corrected chi connectivity index (χ2v) is 15.0. The highest BCUT2D eigenvalue weighted by Gasteiger charge is 2.13. The van der Waals surface area contributed by atoms with Crippen LogP contribution in [0.15, 0.2) is 121 Å². The summed E-state index contributed by atoms with van der Waals surface area (Å²) in [4.78, 5) is 7.61. The van der Waals surface area contributed by atoms with Crippen molar-refractivity contribution in [3.8, 4) is 0 Å². The Morgan fingerprint density at radius 2 is 0.907 bits per heavy atom. The number of anilines is 1. The summed E-state index contributed by atoms with van der Waals surface area (Å²) >= 11 is 0. The van der Waals surface area contributed by atoms with Crippen LogP contribution in [0.25, 0.3) is 89.5 Å². The fourth-order valence-electron chi connectivity index (χ4n) is 8.06. The largest absolute Gasteiger partial charge is 0.385 e. The Bertz CT molecular complexity index is 2830. The van der Waals surface area contributed by atoms with Gasteiger partial charge in [-0.05, 0) is 82.8 Å². The van der Waals surface area contributed by atoms with Crippen LogP contribution >= 0.6 is 0 Å². The van der Waals surface area contributed by atoms with Gasteiger partial charge in [0, 0.05) is 55.6 Å². The second kappa shape index (κ2) is 14.8. The van der Waals surface area contributed by atoms with Crippen molar-refractivity contribution in [3.05, 3.63) is 149 Å². The summed E-state index contributed by atoms with van der Waals surface area (Å²) in [5.74, 6) is 0. The highest BCUT2D eigenvalue weighted by Crippen LogP contribution is 2.38. The van der Waals surface area contributed by atoms with Gasteiger partial charge in [-0.15, -0.1) is 0 Å². The third kappa shape index (κ3) is 6.78. The van der Waals surface area contributed by atoms with Crippen LogP contribution in [-0.4, -0.2) is 16.5 Å². The molecule has 0 aliphatic carbocycles. The third-order valence-electron chi connectivity index (χ3n) is 11.1. The SMILES string of the molecule is CCCCCCCCNc1ccc(/C=C/c2ccc3c(ccc4c5cc6[nH]c7c8ccc(/C=C/c9ccc(C)cc9)cc8ccc7c6cc5[nH]c34)c2)cc1. The van der Waals surface area contributed by atoms with E-state index in [1.165, 1.54) is 126 Å². The van der Waals surface area contributed by atoms with Crippen LogP contribution in [-0.2, 0) is 0 Å². The molecule has 0 atom stereocenters. The zero-order valence-electron chi connectivity index (χ0n) is 31.3. The maximum absolute atomic E-state index is 3.81. The molecule has 0 bridgehead atoms. The van der Waals surface area contributed by atoms with Crippen LogP contribution in [0, 0.1) is 6.92 Å². The molecule has 0 radical (unpaired) electrons. The van der Waals surface area contributed by atoms with Gasteiger partial charge in [-0.3, -0.25) is 0 Å². The Labute approximate surface area is 317 Å². The monoisotopic (exact) mass is 701 g/mol. The number of hydrogen-bond acceptors (Lipinski definition) is 1. The van der Waals surface area contributed by atoms with Gasteiger partial charge in [0.1, 0.15) is 0 Å². The number of rotatable bonds is 12. The van der Waals surface area contributed by atoms with E-state index < -0.39 is 0 Å². The zero-order chi connectivity index (χ0) is 36.4. The molecule has 0 saturated carbocycles. The number of nitrogens with one attached hydrogen (secondary N) is 3. The van der Waals surface area contributed by atoms with E-state index in [0.717, 1.165) is 17.6 Å². The van der Waals surface area contributed by atoms with Crippen LogP contribution in [0.2, 0.25) is 0 Å². The van der Waals surface area contributed by atoms with Crippen LogP contribution in [0.1, 0.15) is 73.3 Å². The number of fused-ring (bicyclic) bond motifs is 10. The fourth-order valence-corrected chi connectivity index (χ4v) is 8.06. The molecule has 3 nitrogen and oxygen atoms in total. The van der Waals surface area contributed by atoms with Crippen molar-refractivity contribution in [3.63, 3.8) is 0 Å². The van der Waals surface area contributed by atoms with Crippen LogP contribution in [0.4, 0.5) is 5.69 Å². The van der Waals surface area contributed by atoms with E-state index in [1.807, 2.05) is 0 Å². The molecule has 0 saturated heterocycles. The molecular formula is C51H47N3. The van der Waals surface area contributed by atoms with E-state index >= 15 is 0 Å². The maximum Gasteiger partial charge on any atom is 0.0544 e. The topological polar surface area (TPSA) is 43.6 Å². The third-order valence-corrected chi connectivity index (χ3v) is 11.1. The number of aromatic nitrogens is 2. The Morgan fingerprint density at radius 3 is 1.46 bits per heavy atom. The highest BCUT2D eigenvalue weighted by molar-refractivity contribution is 6.23. The quantitative estimate of drug-likeness (QED) is 0.0861. The molecule has 9 aromatic rings. The number of aryl methyl sites for hydroxylation is 1.